The highest BCUT2D eigenvalue weighted by atomic mass is 79.9. The average molecular weight is 344 g/mol. The van der Waals surface area contributed by atoms with Crippen LogP contribution in [0.3, 0.4) is 0 Å². The van der Waals surface area contributed by atoms with Gasteiger partial charge in [-0.2, -0.15) is 0 Å². The first-order valence-corrected chi connectivity index (χ1v) is 7.18. The zero-order valence-electron chi connectivity index (χ0n) is 9.82. The number of hydrogen-bond donors (Lipinski definition) is 2. The summed E-state index contributed by atoms with van der Waals surface area (Å²) in [5, 5.41) is 5.07. The molecule has 2 rings (SSSR count). The monoisotopic (exact) mass is 343 g/mol. The molecule has 0 radical (unpaired) electrons. The van der Waals surface area contributed by atoms with Crippen molar-refractivity contribution in [3.8, 4) is 0 Å². The quantitative estimate of drug-likeness (QED) is 0.896. The molecule has 0 aliphatic rings. The van der Waals surface area contributed by atoms with Crippen LogP contribution in [0.4, 0.5) is 10.1 Å². The molecule has 0 spiro atoms. The Kier molecular flexibility index (Phi) is 4.62. The summed E-state index contributed by atoms with van der Waals surface area (Å²) in [6.07, 6.45) is 0.644. The third-order valence-electron chi connectivity index (χ3n) is 2.32. The van der Waals surface area contributed by atoms with Gasteiger partial charge >= 0.3 is 0 Å². The van der Waals surface area contributed by atoms with Crippen molar-refractivity contribution in [3.63, 3.8) is 0 Å². The van der Waals surface area contributed by atoms with E-state index in [-0.39, 0.29) is 5.91 Å². The van der Waals surface area contributed by atoms with Crippen molar-refractivity contribution in [2.24, 2.45) is 5.73 Å². The molecule has 7 heteroatoms. The van der Waals surface area contributed by atoms with Gasteiger partial charge in [-0.1, -0.05) is 0 Å². The molecule has 4 nitrogen and oxygen atoms in total. The molecule has 0 fully saturated rings. The minimum atomic E-state index is -0.431. The Labute approximate surface area is 122 Å². The van der Waals surface area contributed by atoms with Crippen LogP contribution in [0.15, 0.2) is 28.1 Å². The van der Waals surface area contributed by atoms with Crippen LogP contribution >= 0.6 is 27.3 Å². The Hall–Kier alpha value is -1.31. The van der Waals surface area contributed by atoms with Crippen molar-refractivity contribution in [1.29, 1.82) is 0 Å². The van der Waals surface area contributed by atoms with Crippen LogP contribution in [0, 0.1) is 5.82 Å². The second-order valence-corrected chi connectivity index (χ2v) is 5.55. The van der Waals surface area contributed by atoms with E-state index in [1.54, 1.807) is 11.4 Å². The summed E-state index contributed by atoms with van der Waals surface area (Å²) < 4.78 is 13.7. The van der Waals surface area contributed by atoms with E-state index in [0.29, 0.717) is 28.8 Å². The molecular formula is C12H11BrFN3OS. The van der Waals surface area contributed by atoms with Gasteiger partial charge in [-0.15, -0.1) is 11.3 Å². The van der Waals surface area contributed by atoms with Crippen molar-refractivity contribution in [3.05, 3.63) is 44.6 Å². The number of nitrogens with zero attached hydrogens (tertiary/aromatic N) is 1. The lowest BCUT2D eigenvalue weighted by molar-refractivity contribution is 0.102. The minimum absolute atomic E-state index is 0.316. The number of benzene rings is 1. The molecule has 3 N–H and O–H groups in total. The van der Waals surface area contributed by atoms with Gasteiger partial charge in [0.2, 0.25) is 0 Å². The van der Waals surface area contributed by atoms with Crippen LogP contribution in [0.25, 0.3) is 0 Å². The Morgan fingerprint density at radius 2 is 2.32 bits per heavy atom. The molecule has 0 saturated heterocycles. The summed E-state index contributed by atoms with van der Waals surface area (Å²) in [7, 11) is 0. The summed E-state index contributed by atoms with van der Waals surface area (Å²) in [5.41, 5.74) is 6.12. The summed E-state index contributed by atoms with van der Waals surface area (Å²) in [5.74, 6) is -0.791. The summed E-state index contributed by atoms with van der Waals surface area (Å²) >= 11 is 4.44. The predicted octanol–water partition coefficient (Wildman–Crippen LogP) is 2.80. The molecule has 1 aromatic carbocycles. The molecule has 1 amide bonds. The van der Waals surface area contributed by atoms with Crippen LogP contribution in [0.5, 0.6) is 0 Å². The summed E-state index contributed by atoms with van der Waals surface area (Å²) in [4.78, 5) is 16.1. The minimum Gasteiger partial charge on any atom is -0.330 e. The first kappa shape index (κ1) is 14.1. The fraction of sp³-hybridized carbons (Fsp3) is 0.167. The number of nitrogens with one attached hydrogen (secondary N) is 1. The Bertz CT molecular complexity index is 602. The number of thiazole rings is 1. The molecule has 0 atom stereocenters. The number of hydrogen-bond acceptors (Lipinski definition) is 4. The van der Waals surface area contributed by atoms with Crippen molar-refractivity contribution >= 4 is 38.9 Å². The molecule has 0 bridgehead atoms. The van der Waals surface area contributed by atoms with Crippen LogP contribution in [0.1, 0.15) is 15.5 Å². The van der Waals surface area contributed by atoms with Crippen LogP contribution in [-0.4, -0.2) is 17.4 Å². The van der Waals surface area contributed by atoms with E-state index in [9.17, 15) is 9.18 Å². The van der Waals surface area contributed by atoms with E-state index >= 15 is 0 Å². The number of carbonyl (C=O) groups excluding carboxylic acids is 1. The zero-order chi connectivity index (χ0) is 13.8. The van der Waals surface area contributed by atoms with Gasteiger partial charge in [-0.3, -0.25) is 4.79 Å². The van der Waals surface area contributed by atoms with E-state index in [1.165, 1.54) is 23.5 Å². The average Bonchev–Trinajstić information content (AvgIpc) is 2.83. The summed E-state index contributed by atoms with van der Waals surface area (Å²) in [6.45, 7) is 0.493. The van der Waals surface area contributed by atoms with Crippen molar-refractivity contribution in [2.45, 2.75) is 6.42 Å². The largest absolute Gasteiger partial charge is 0.330 e. The van der Waals surface area contributed by atoms with Gasteiger partial charge in [0.25, 0.3) is 5.91 Å². The normalized spacial score (nSPS) is 10.5. The van der Waals surface area contributed by atoms with Gasteiger partial charge in [-0.05, 0) is 40.7 Å². The standard InChI is InChI=1S/C12H11BrFN3OS/c13-8-2-1-7(5-9(8)14)16-12(18)10-6-19-11(17-10)3-4-15/h1-2,5-6H,3-4,15H2,(H,16,18). The summed E-state index contributed by atoms with van der Waals surface area (Å²) in [6, 6.07) is 4.39. The third-order valence-corrected chi connectivity index (χ3v) is 3.87. The molecule has 1 heterocycles. The lowest BCUT2D eigenvalue weighted by Gasteiger charge is -2.03. The lowest BCUT2D eigenvalue weighted by Crippen LogP contribution is -2.13. The van der Waals surface area contributed by atoms with E-state index in [1.807, 2.05) is 0 Å². The molecular weight excluding hydrogens is 333 g/mol. The van der Waals surface area contributed by atoms with Gasteiger partial charge in [0.15, 0.2) is 0 Å². The van der Waals surface area contributed by atoms with Gasteiger partial charge in [0, 0.05) is 17.5 Å². The molecule has 2 aromatic rings. The van der Waals surface area contributed by atoms with E-state index in [4.69, 9.17) is 5.73 Å². The molecule has 0 saturated carbocycles. The highest BCUT2D eigenvalue weighted by Gasteiger charge is 2.11. The predicted molar refractivity (Wildman–Crippen MR) is 76.9 cm³/mol. The molecule has 0 aliphatic carbocycles. The van der Waals surface area contributed by atoms with E-state index in [2.05, 4.69) is 26.2 Å². The molecule has 0 aliphatic heterocycles. The maximum atomic E-state index is 13.3. The van der Waals surface area contributed by atoms with Gasteiger partial charge in [-0.25, -0.2) is 9.37 Å². The number of aromatic nitrogens is 1. The molecule has 0 unspecified atom stereocenters. The molecule has 19 heavy (non-hydrogen) atoms. The van der Waals surface area contributed by atoms with E-state index < -0.39 is 5.82 Å². The van der Waals surface area contributed by atoms with Gasteiger partial charge in [0.1, 0.15) is 11.5 Å². The lowest BCUT2D eigenvalue weighted by atomic mass is 10.3. The smallest absolute Gasteiger partial charge is 0.275 e. The number of rotatable bonds is 4. The SMILES string of the molecule is NCCc1nc(C(=O)Nc2ccc(Br)c(F)c2)cs1. The topological polar surface area (TPSA) is 68.0 Å². The van der Waals surface area contributed by atoms with Crippen molar-refractivity contribution < 1.29 is 9.18 Å². The number of halogens is 2. The first-order valence-electron chi connectivity index (χ1n) is 5.51. The van der Waals surface area contributed by atoms with Crippen molar-refractivity contribution in [2.75, 3.05) is 11.9 Å². The number of anilines is 1. The molecule has 100 valence electrons. The highest BCUT2D eigenvalue weighted by Crippen LogP contribution is 2.20. The highest BCUT2D eigenvalue weighted by molar-refractivity contribution is 9.10. The third kappa shape index (κ3) is 3.59. The maximum absolute atomic E-state index is 13.3. The maximum Gasteiger partial charge on any atom is 0.275 e. The van der Waals surface area contributed by atoms with Crippen LogP contribution < -0.4 is 11.1 Å². The number of nitrogens with two attached hydrogens (primary N) is 1. The van der Waals surface area contributed by atoms with Crippen molar-refractivity contribution in [1.82, 2.24) is 4.98 Å². The molecule has 1 aromatic heterocycles. The van der Waals surface area contributed by atoms with Gasteiger partial charge < -0.3 is 11.1 Å². The zero-order valence-corrected chi connectivity index (χ0v) is 12.2. The Morgan fingerprint density at radius 1 is 1.53 bits per heavy atom. The van der Waals surface area contributed by atoms with E-state index in [0.717, 1.165) is 5.01 Å². The fourth-order valence-corrected chi connectivity index (χ4v) is 2.46. The number of carbonyl (C=O) groups is 1. The second-order valence-electron chi connectivity index (χ2n) is 3.75. The Balaban J connectivity index is 2.09. The fourth-order valence-electron chi connectivity index (χ4n) is 1.42. The van der Waals surface area contributed by atoms with Gasteiger partial charge in [0.05, 0.1) is 9.48 Å². The van der Waals surface area contributed by atoms with Crippen LogP contribution in [-0.2, 0) is 6.42 Å². The number of amides is 1. The first-order chi connectivity index (χ1) is 9.10. The Morgan fingerprint density at radius 3 is 3.00 bits per heavy atom. The second kappa shape index (κ2) is 6.23. The van der Waals surface area contributed by atoms with Crippen LogP contribution in [0.2, 0.25) is 0 Å².